The number of amides is 1. The van der Waals surface area contributed by atoms with Crippen LogP contribution in [0, 0.1) is 5.82 Å². The molecule has 0 aliphatic heterocycles. The number of alkyl carbamates (subject to hydrolysis) is 1. The highest BCUT2D eigenvalue weighted by Gasteiger charge is 2.29. The number of rotatable bonds is 4. The number of pyridine rings is 1. The van der Waals surface area contributed by atoms with E-state index >= 15 is 0 Å². The topological polar surface area (TPSA) is 77.2 Å². The van der Waals surface area contributed by atoms with E-state index in [4.69, 9.17) is 10.5 Å². The van der Waals surface area contributed by atoms with Crippen molar-refractivity contribution in [2.45, 2.75) is 38.7 Å². The van der Waals surface area contributed by atoms with Crippen LogP contribution < -0.4 is 11.1 Å². The summed E-state index contributed by atoms with van der Waals surface area (Å²) in [7, 11) is 0. The molecule has 0 fully saturated rings. The third-order valence-electron chi connectivity index (χ3n) is 2.89. The van der Waals surface area contributed by atoms with Gasteiger partial charge in [0.2, 0.25) is 0 Å². The van der Waals surface area contributed by atoms with E-state index in [-0.39, 0.29) is 13.1 Å². The van der Waals surface area contributed by atoms with Crippen LogP contribution in [-0.4, -0.2) is 29.8 Å². The average molecular weight is 283 g/mol. The highest BCUT2D eigenvalue weighted by molar-refractivity contribution is 5.67. The van der Waals surface area contributed by atoms with Gasteiger partial charge in [-0.3, -0.25) is 4.98 Å². The Bertz CT molecular complexity index is 474. The zero-order valence-electron chi connectivity index (χ0n) is 12.4. The molecule has 0 aliphatic carbocycles. The van der Waals surface area contributed by atoms with Crippen molar-refractivity contribution in [3.63, 3.8) is 0 Å². The molecule has 1 aromatic rings. The van der Waals surface area contributed by atoms with Crippen LogP contribution in [0.15, 0.2) is 18.5 Å². The first-order chi connectivity index (χ1) is 9.18. The van der Waals surface area contributed by atoms with Crippen molar-refractivity contribution in [2.24, 2.45) is 5.73 Å². The predicted molar refractivity (Wildman–Crippen MR) is 74.8 cm³/mol. The zero-order valence-corrected chi connectivity index (χ0v) is 12.4. The Morgan fingerprint density at radius 2 is 2.10 bits per heavy atom. The molecular formula is C14H22FN3O2. The van der Waals surface area contributed by atoms with E-state index in [0.29, 0.717) is 5.56 Å². The number of hydrogen-bond acceptors (Lipinski definition) is 4. The molecular weight excluding hydrogens is 261 g/mol. The number of nitrogens with two attached hydrogens (primary N) is 1. The second-order valence-electron chi connectivity index (χ2n) is 5.98. The van der Waals surface area contributed by atoms with E-state index in [1.165, 1.54) is 6.20 Å². The molecule has 1 amide bonds. The normalized spacial score (nSPS) is 14.5. The van der Waals surface area contributed by atoms with Crippen LogP contribution in [0.4, 0.5) is 9.18 Å². The van der Waals surface area contributed by atoms with E-state index in [9.17, 15) is 9.18 Å². The van der Waals surface area contributed by atoms with E-state index < -0.39 is 22.9 Å². The van der Waals surface area contributed by atoms with Gasteiger partial charge in [0, 0.05) is 24.7 Å². The minimum Gasteiger partial charge on any atom is -0.444 e. The highest BCUT2D eigenvalue weighted by atomic mass is 19.1. The Hall–Kier alpha value is -1.69. The van der Waals surface area contributed by atoms with Crippen LogP contribution in [0.25, 0.3) is 0 Å². The monoisotopic (exact) mass is 283 g/mol. The van der Waals surface area contributed by atoms with Crippen LogP contribution in [0.2, 0.25) is 0 Å². The van der Waals surface area contributed by atoms with Gasteiger partial charge in [0.1, 0.15) is 11.4 Å². The third-order valence-corrected chi connectivity index (χ3v) is 2.89. The lowest BCUT2D eigenvalue weighted by atomic mass is 9.82. The van der Waals surface area contributed by atoms with Crippen molar-refractivity contribution in [1.29, 1.82) is 0 Å². The summed E-state index contributed by atoms with van der Waals surface area (Å²) >= 11 is 0. The molecule has 1 rings (SSSR count). The van der Waals surface area contributed by atoms with Gasteiger partial charge < -0.3 is 15.8 Å². The molecule has 112 valence electrons. The van der Waals surface area contributed by atoms with E-state index in [0.717, 1.165) is 6.20 Å². The summed E-state index contributed by atoms with van der Waals surface area (Å²) in [4.78, 5) is 15.4. The molecule has 0 bridgehead atoms. The highest BCUT2D eigenvalue weighted by Crippen LogP contribution is 2.24. The lowest BCUT2D eigenvalue weighted by Crippen LogP contribution is -2.45. The molecule has 5 nitrogen and oxygen atoms in total. The molecule has 1 aromatic heterocycles. The third kappa shape index (κ3) is 4.45. The Morgan fingerprint density at radius 3 is 2.60 bits per heavy atom. The van der Waals surface area contributed by atoms with Crippen LogP contribution in [0.1, 0.15) is 33.3 Å². The Kier molecular flexibility index (Phi) is 5.05. The number of nitrogens with one attached hydrogen (secondary N) is 1. The molecule has 1 atom stereocenters. The average Bonchev–Trinajstić information content (AvgIpc) is 2.34. The molecule has 3 N–H and O–H groups in total. The van der Waals surface area contributed by atoms with Gasteiger partial charge in [0.05, 0.1) is 6.20 Å². The fraction of sp³-hybridized carbons (Fsp3) is 0.571. The quantitative estimate of drug-likeness (QED) is 0.885. The minimum absolute atomic E-state index is 0.180. The molecule has 20 heavy (non-hydrogen) atoms. The lowest BCUT2D eigenvalue weighted by molar-refractivity contribution is 0.0516. The molecule has 6 heteroatoms. The van der Waals surface area contributed by atoms with Gasteiger partial charge >= 0.3 is 6.09 Å². The second kappa shape index (κ2) is 6.17. The molecule has 1 heterocycles. The summed E-state index contributed by atoms with van der Waals surface area (Å²) < 4.78 is 19.0. The van der Waals surface area contributed by atoms with Crippen molar-refractivity contribution in [3.8, 4) is 0 Å². The van der Waals surface area contributed by atoms with Crippen LogP contribution in [0.3, 0.4) is 0 Å². The first-order valence-electron chi connectivity index (χ1n) is 6.45. The van der Waals surface area contributed by atoms with Gasteiger partial charge in [-0.25, -0.2) is 9.18 Å². The summed E-state index contributed by atoms with van der Waals surface area (Å²) in [5, 5.41) is 2.63. The zero-order chi connectivity index (χ0) is 15.4. The Labute approximate surface area is 118 Å². The number of aromatic nitrogens is 1. The predicted octanol–water partition coefficient (Wildman–Crippen LogP) is 1.96. The number of carbonyl (C=O) groups excluding carboxylic acids is 1. The summed E-state index contributed by atoms with van der Waals surface area (Å²) in [6.45, 7) is 7.47. The molecule has 1 unspecified atom stereocenters. The first kappa shape index (κ1) is 16.4. The van der Waals surface area contributed by atoms with E-state index in [1.807, 2.05) is 0 Å². The van der Waals surface area contributed by atoms with Gasteiger partial charge in [-0.1, -0.05) is 6.92 Å². The number of halogens is 1. The maximum absolute atomic E-state index is 13.8. The summed E-state index contributed by atoms with van der Waals surface area (Å²) in [6, 6.07) is 1.57. The van der Waals surface area contributed by atoms with E-state index in [2.05, 4.69) is 10.3 Å². The second-order valence-corrected chi connectivity index (χ2v) is 5.98. The van der Waals surface area contributed by atoms with Gasteiger partial charge in [0.25, 0.3) is 0 Å². The largest absolute Gasteiger partial charge is 0.444 e. The number of carbonyl (C=O) groups is 1. The SMILES string of the molecule is CC(C)(C)OC(=O)NCC(C)(CN)c1ccncc1F. The molecule has 0 saturated heterocycles. The Morgan fingerprint density at radius 1 is 1.45 bits per heavy atom. The van der Waals surface area contributed by atoms with Crippen molar-refractivity contribution < 1.29 is 13.9 Å². The molecule has 0 radical (unpaired) electrons. The molecule has 0 aromatic carbocycles. The summed E-state index contributed by atoms with van der Waals surface area (Å²) in [5.41, 5.74) is 4.87. The molecule has 0 spiro atoms. The Balaban J connectivity index is 2.77. The number of hydrogen-bond donors (Lipinski definition) is 2. The van der Waals surface area contributed by atoms with Gasteiger partial charge in [0.15, 0.2) is 0 Å². The van der Waals surface area contributed by atoms with Crippen molar-refractivity contribution in [3.05, 3.63) is 29.8 Å². The van der Waals surface area contributed by atoms with Gasteiger partial charge in [-0.2, -0.15) is 0 Å². The van der Waals surface area contributed by atoms with Gasteiger partial charge in [-0.05, 0) is 32.4 Å². The minimum atomic E-state index is -0.718. The van der Waals surface area contributed by atoms with Crippen molar-refractivity contribution >= 4 is 6.09 Å². The number of ether oxygens (including phenoxy) is 1. The first-order valence-corrected chi connectivity index (χ1v) is 6.45. The number of nitrogens with zero attached hydrogens (tertiary/aromatic N) is 1. The van der Waals surface area contributed by atoms with E-state index in [1.54, 1.807) is 33.8 Å². The fourth-order valence-electron chi connectivity index (χ4n) is 1.72. The lowest BCUT2D eigenvalue weighted by Gasteiger charge is -2.29. The maximum Gasteiger partial charge on any atom is 0.407 e. The molecule has 0 aliphatic rings. The fourth-order valence-corrected chi connectivity index (χ4v) is 1.72. The van der Waals surface area contributed by atoms with Crippen molar-refractivity contribution in [2.75, 3.05) is 13.1 Å². The summed E-state index contributed by atoms with van der Waals surface area (Å²) in [6.07, 6.45) is 2.09. The standard InChI is InChI=1S/C14H22FN3O2/c1-13(2,3)20-12(19)18-9-14(4,8-16)10-5-6-17-7-11(10)15/h5-7H,8-9,16H2,1-4H3,(H,18,19). The van der Waals surface area contributed by atoms with Gasteiger partial charge in [-0.15, -0.1) is 0 Å². The van der Waals surface area contributed by atoms with Crippen molar-refractivity contribution in [1.82, 2.24) is 10.3 Å². The smallest absolute Gasteiger partial charge is 0.407 e. The maximum atomic E-state index is 13.8. The molecule has 0 saturated carbocycles. The van der Waals surface area contributed by atoms with Crippen LogP contribution in [0.5, 0.6) is 0 Å². The summed E-state index contributed by atoms with van der Waals surface area (Å²) in [5.74, 6) is -0.438. The van der Waals surface area contributed by atoms with Crippen LogP contribution >= 0.6 is 0 Å². The van der Waals surface area contributed by atoms with Crippen LogP contribution in [-0.2, 0) is 10.2 Å².